The van der Waals surface area contributed by atoms with Gasteiger partial charge < -0.3 is 10.0 Å². The topological polar surface area (TPSA) is 81.4 Å². The monoisotopic (exact) mass is 272 g/mol. The number of likely N-dealkylation sites (tertiary alicyclic amines) is 1. The zero-order chi connectivity index (χ0) is 14.5. The molecule has 0 atom stereocenters. The molecule has 0 aromatic heterocycles. The summed E-state index contributed by atoms with van der Waals surface area (Å²) in [6, 6.07) is 8.59. The second kappa shape index (κ2) is 6.20. The molecule has 0 radical (unpaired) electrons. The van der Waals surface area contributed by atoms with Crippen LogP contribution in [0.1, 0.15) is 35.2 Å². The Labute approximate surface area is 117 Å². The maximum absolute atomic E-state index is 12.3. The van der Waals surface area contributed by atoms with Crippen LogP contribution in [-0.2, 0) is 4.79 Å². The molecular weight excluding hydrogens is 256 g/mol. The normalized spacial score (nSPS) is 15.7. The van der Waals surface area contributed by atoms with Gasteiger partial charge in [0.15, 0.2) is 0 Å². The minimum Gasteiger partial charge on any atom is -0.481 e. The quantitative estimate of drug-likeness (QED) is 0.911. The summed E-state index contributed by atoms with van der Waals surface area (Å²) in [4.78, 5) is 24.7. The van der Waals surface area contributed by atoms with Crippen LogP contribution in [0.25, 0.3) is 0 Å². The molecule has 20 heavy (non-hydrogen) atoms. The lowest BCUT2D eigenvalue weighted by Crippen LogP contribution is -2.38. The number of benzene rings is 1. The van der Waals surface area contributed by atoms with Crippen LogP contribution in [0.15, 0.2) is 24.3 Å². The Morgan fingerprint density at radius 1 is 1.25 bits per heavy atom. The summed E-state index contributed by atoms with van der Waals surface area (Å²) in [5.74, 6) is -0.664. The second-order valence-corrected chi connectivity index (χ2v) is 5.02. The number of hydrogen-bond donors (Lipinski definition) is 1. The third-order valence-electron chi connectivity index (χ3n) is 3.63. The van der Waals surface area contributed by atoms with Gasteiger partial charge in [-0.3, -0.25) is 9.59 Å². The Hall–Kier alpha value is -2.35. The molecule has 1 aliphatic rings. The molecule has 1 aliphatic heterocycles. The number of nitrogens with zero attached hydrogens (tertiary/aromatic N) is 2. The maximum atomic E-state index is 12.3. The SMILES string of the molecule is N#Cc1ccc(C(=O)N2CCC(CC(=O)O)CC2)cc1. The molecule has 1 aromatic carbocycles. The summed E-state index contributed by atoms with van der Waals surface area (Å²) >= 11 is 0. The van der Waals surface area contributed by atoms with Crippen molar-refractivity contribution in [3.05, 3.63) is 35.4 Å². The summed E-state index contributed by atoms with van der Waals surface area (Å²) < 4.78 is 0. The van der Waals surface area contributed by atoms with E-state index >= 15 is 0 Å². The van der Waals surface area contributed by atoms with Gasteiger partial charge in [-0.25, -0.2) is 0 Å². The van der Waals surface area contributed by atoms with Crippen LogP contribution in [0.5, 0.6) is 0 Å². The highest BCUT2D eigenvalue weighted by Crippen LogP contribution is 2.21. The molecule has 0 saturated carbocycles. The Bertz CT molecular complexity index is 537. The van der Waals surface area contributed by atoms with Gasteiger partial charge in [0.25, 0.3) is 5.91 Å². The second-order valence-electron chi connectivity index (χ2n) is 5.02. The largest absolute Gasteiger partial charge is 0.481 e. The Kier molecular flexibility index (Phi) is 4.36. The molecule has 1 amide bonds. The van der Waals surface area contributed by atoms with Gasteiger partial charge >= 0.3 is 5.97 Å². The van der Waals surface area contributed by atoms with E-state index in [4.69, 9.17) is 10.4 Å². The van der Waals surface area contributed by atoms with E-state index in [1.807, 2.05) is 6.07 Å². The first-order valence-corrected chi connectivity index (χ1v) is 6.61. The van der Waals surface area contributed by atoms with Gasteiger partial charge in [0.1, 0.15) is 0 Å². The van der Waals surface area contributed by atoms with Crippen molar-refractivity contribution in [3.63, 3.8) is 0 Å². The van der Waals surface area contributed by atoms with E-state index in [2.05, 4.69) is 0 Å². The predicted molar refractivity (Wildman–Crippen MR) is 72.0 cm³/mol. The van der Waals surface area contributed by atoms with Gasteiger partial charge in [0.2, 0.25) is 0 Å². The highest BCUT2D eigenvalue weighted by atomic mass is 16.4. The summed E-state index contributed by atoms with van der Waals surface area (Å²) in [6.45, 7) is 1.19. The van der Waals surface area contributed by atoms with Crippen molar-refractivity contribution in [2.24, 2.45) is 5.92 Å². The summed E-state index contributed by atoms with van der Waals surface area (Å²) in [5.41, 5.74) is 1.10. The van der Waals surface area contributed by atoms with Crippen molar-refractivity contribution in [1.29, 1.82) is 5.26 Å². The lowest BCUT2D eigenvalue weighted by Gasteiger charge is -2.31. The Balaban J connectivity index is 1.94. The summed E-state index contributed by atoms with van der Waals surface area (Å²) in [5, 5.41) is 17.5. The van der Waals surface area contributed by atoms with Crippen molar-refractivity contribution in [2.45, 2.75) is 19.3 Å². The molecule has 1 N–H and O–H groups in total. The minimum absolute atomic E-state index is 0.0525. The van der Waals surface area contributed by atoms with E-state index < -0.39 is 5.97 Å². The van der Waals surface area contributed by atoms with Gasteiger partial charge in [-0.2, -0.15) is 5.26 Å². The third-order valence-corrected chi connectivity index (χ3v) is 3.63. The van der Waals surface area contributed by atoms with Gasteiger partial charge in [-0.05, 0) is 43.0 Å². The average Bonchev–Trinajstić information content (AvgIpc) is 2.47. The first-order valence-electron chi connectivity index (χ1n) is 6.61. The van der Waals surface area contributed by atoms with Crippen LogP contribution in [0, 0.1) is 17.2 Å². The molecule has 1 saturated heterocycles. The Morgan fingerprint density at radius 2 is 1.85 bits per heavy atom. The zero-order valence-corrected chi connectivity index (χ0v) is 11.1. The molecule has 0 spiro atoms. The number of carboxylic acid groups (broad SMARTS) is 1. The fourth-order valence-corrected chi connectivity index (χ4v) is 2.46. The maximum Gasteiger partial charge on any atom is 0.303 e. The minimum atomic E-state index is -0.776. The van der Waals surface area contributed by atoms with E-state index in [0.717, 1.165) is 12.8 Å². The standard InChI is InChI=1S/C15H16N2O3/c16-10-12-1-3-13(4-2-12)15(20)17-7-5-11(6-8-17)9-14(18)19/h1-4,11H,5-9H2,(H,18,19). The first-order chi connectivity index (χ1) is 9.60. The molecule has 1 heterocycles. The molecule has 0 bridgehead atoms. The van der Waals surface area contributed by atoms with Crippen molar-refractivity contribution in [2.75, 3.05) is 13.1 Å². The van der Waals surface area contributed by atoms with Gasteiger partial charge in [0.05, 0.1) is 11.6 Å². The molecular formula is C15H16N2O3. The summed E-state index contributed by atoms with van der Waals surface area (Å²) in [6.07, 6.45) is 1.64. The van der Waals surface area contributed by atoms with Crippen molar-refractivity contribution < 1.29 is 14.7 Å². The number of amides is 1. The van der Waals surface area contributed by atoms with E-state index in [9.17, 15) is 9.59 Å². The average molecular weight is 272 g/mol. The molecule has 1 fully saturated rings. The smallest absolute Gasteiger partial charge is 0.303 e. The molecule has 104 valence electrons. The van der Waals surface area contributed by atoms with E-state index in [0.29, 0.717) is 24.2 Å². The summed E-state index contributed by atoms with van der Waals surface area (Å²) in [7, 11) is 0. The fraction of sp³-hybridized carbons (Fsp3) is 0.400. The van der Waals surface area contributed by atoms with Crippen LogP contribution in [0.2, 0.25) is 0 Å². The van der Waals surface area contributed by atoms with Gasteiger partial charge in [-0.1, -0.05) is 0 Å². The van der Waals surface area contributed by atoms with Crippen LogP contribution in [0.3, 0.4) is 0 Å². The number of rotatable bonds is 3. The van der Waals surface area contributed by atoms with E-state index in [1.165, 1.54) is 0 Å². The first kappa shape index (κ1) is 14.1. The Morgan fingerprint density at radius 3 is 2.35 bits per heavy atom. The van der Waals surface area contributed by atoms with Crippen molar-refractivity contribution in [1.82, 2.24) is 4.90 Å². The predicted octanol–water partition coefficient (Wildman–Crippen LogP) is 1.89. The molecule has 2 rings (SSSR count). The van der Waals surface area contributed by atoms with E-state index in [1.54, 1.807) is 29.2 Å². The third kappa shape index (κ3) is 3.35. The van der Waals surface area contributed by atoms with Crippen molar-refractivity contribution in [3.8, 4) is 6.07 Å². The van der Waals surface area contributed by atoms with Crippen molar-refractivity contribution >= 4 is 11.9 Å². The molecule has 0 aliphatic carbocycles. The van der Waals surface area contributed by atoms with Crippen LogP contribution in [-0.4, -0.2) is 35.0 Å². The fourth-order valence-electron chi connectivity index (χ4n) is 2.46. The number of carboxylic acids is 1. The number of hydrogen-bond acceptors (Lipinski definition) is 3. The number of piperidine rings is 1. The highest BCUT2D eigenvalue weighted by molar-refractivity contribution is 5.94. The number of carbonyl (C=O) groups excluding carboxylic acids is 1. The lowest BCUT2D eigenvalue weighted by atomic mass is 9.93. The molecule has 5 heteroatoms. The molecule has 0 unspecified atom stereocenters. The van der Waals surface area contributed by atoms with E-state index in [-0.39, 0.29) is 18.2 Å². The molecule has 5 nitrogen and oxygen atoms in total. The number of nitriles is 1. The number of carbonyl (C=O) groups is 2. The zero-order valence-electron chi connectivity index (χ0n) is 11.1. The van der Waals surface area contributed by atoms with Gasteiger partial charge in [-0.15, -0.1) is 0 Å². The van der Waals surface area contributed by atoms with Crippen LogP contribution >= 0.6 is 0 Å². The highest BCUT2D eigenvalue weighted by Gasteiger charge is 2.24. The van der Waals surface area contributed by atoms with Gasteiger partial charge in [0, 0.05) is 25.1 Å². The van der Waals surface area contributed by atoms with Crippen LogP contribution in [0.4, 0.5) is 0 Å². The van der Waals surface area contributed by atoms with Crippen LogP contribution < -0.4 is 0 Å². The molecule has 1 aromatic rings. The lowest BCUT2D eigenvalue weighted by molar-refractivity contribution is -0.138. The number of aliphatic carboxylic acids is 1.